The molecule has 3 N–H and O–H groups in total. The van der Waals surface area contributed by atoms with Gasteiger partial charge in [0.25, 0.3) is 0 Å². The van der Waals surface area contributed by atoms with Crippen LogP contribution in [0.4, 0.5) is 11.4 Å². The Bertz CT molecular complexity index is 681. The van der Waals surface area contributed by atoms with E-state index in [9.17, 15) is 0 Å². The highest BCUT2D eigenvalue weighted by molar-refractivity contribution is 6.03. The SMILES string of the molecule is CC1Cc2ccccc2N(c2ccccc2C(N)=NO)C1. The molecule has 1 unspecified atom stereocenters. The minimum atomic E-state index is 0.140. The maximum atomic E-state index is 9.00. The van der Waals surface area contributed by atoms with Crippen LogP contribution in [0.2, 0.25) is 0 Å². The maximum absolute atomic E-state index is 9.00. The highest BCUT2D eigenvalue weighted by Crippen LogP contribution is 2.36. The van der Waals surface area contributed by atoms with E-state index in [2.05, 4.69) is 35.2 Å². The van der Waals surface area contributed by atoms with Gasteiger partial charge in [-0.25, -0.2) is 0 Å². The molecule has 4 heteroatoms. The monoisotopic (exact) mass is 281 g/mol. The predicted molar refractivity (Wildman–Crippen MR) is 85.3 cm³/mol. The van der Waals surface area contributed by atoms with E-state index in [1.165, 1.54) is 11.3 Å². The average molecular weight is 281 g/mol. The molecule has 108 valence electrons. The summed E-state index contributed by atoms with van der Waals surface area (Å²) in [6, 6.07) is 16.2. The van der Waals surface area contributed by atoms with E-state index in [0.29, 0.717) is 5.92 Å². The molecule has 0 aliphatic carbocycles. The molecule has 0 radical (unpaired) electrons. The summed E-state index contributed by atoms with van der Waals surface area (Å²) in [4.78, 5) is 2.26. The first-order chi connectivity index (χ1) is 10.2. The van der Waals surface area contributed by atoms with Crippen molar-refractivity contribution in [2.45, 2.75) is 13.3 Å². The first kappa shape index (κ1) is 13.5. The molecule has 0 saturated heterocycles. The first-order valence-corrected chi connectivity index (χ1v) is 7.13. The van der Waals surface area contributed by atoms with Gasteiger partial charge < -0.3 is 15.8 Å². The van der Waals surface area contributed by atoms with Gasteiger partial charge >= 0.3 is 0 Å². The molecular weight excluding hydrogens is 262 g/mol. The highest BCUT2D eigenvalue weighted by Gasteiger charge is 2.24. The van der Waals surface area contributed by atoms with Crippen molar-refractivity contribution in [2.24, 2.45) is 16.8 Å². The summed E-state index contributed by atoms with van der Waals surface area (Å²) in [6.45, 7) is 3.17. The molecule has 0 amide bonds. The summed E-state index contributed by atoms with van der Waals surface area (Å²) in [7, 11) is 0. The van der Waals surface area contributed by atoms with Crippen LogP contribution in [0.3, 0.4) is 0 Å². The van der Waals surface area contributed by atoms with Crippen molar-refractivity contribution in [1.29, 1.82) is 0 Å². The molecule has 0 bridgehead atoms. The van der Waals surface area contributed by atoms with Crippen LogP contribution in [0, 0.1) is 5.92 Å². The molecule has 0 aromatic heterocycles. The fraction of sp³-hybridized carbons (Fsp3) is 0.235. The number of para-hydroxylation sites is 2. The Morgan fingerprint density at radius 3 is 2.57 bits per heavy atom. The molecule has 0 spiro atoms. The Morgan fingerprint density at radius 1 is 1.14 bits per heavy atom. The van der Waals surface area contributed by atoms with Crippen LogP contribution in [0.25, 0.3) is 0 Å². The molecule has 3 rings (SSSR count). The summed E-state index contributed by atoms with van der Waals surface area (Å²) in [6.07, 6.45) is 1.08. The third-order valence-corrected chi connectivity index (χ3v) is 3.92. The fourth-order valence-corrected chi connectivity index (χ4v) is 3.00. The minimum absolute atomic E-state index is 0.140. The van der Waals surface area contributed by atoms with Crippen LogP contribution in [0.5, 0.6) is 0 Å². The Morgan fingerprint density at radius 2 is 1.81 bits per heavy atom. The average Bonchev–Trinajstić information content (AvgIpc) is 2.53. The van der Waals surface area contributed by atoms with Crippen molar-refractivity contribution < 1.29 is 5.21 Å². The van der Waals surface area contributed by atoms with Gasteiger partial charge in [-0.3, -0.25) is 0 Å². The fourth-order valence-electron chi connectivity index (χ4n) is 3.00. The molecule has 0 saturated carbocycles. The molecule has 1 atom stereocenters. The van der Waals surface area contributed by atoms with Crippen molar-refractivity contribution in [3.8, 4) is 0 Å². The predicted octanol–water partition coefficient (Wildman–Crippen LogP) is 3.11. The first-order valence-electron chi connectivity index (χ1n) is 7.13. The topological polar surface area (TPSA) is 61.8 Å². The summed E-state index contributed by atoms with van der Waals surface area (Å²) < 4.78 is 0. The quantitative estimate of drug-likeness (QED) is 0.385. The number of nitrogens with two attached hydrogens (primary N) is 1. The lowest BCUT2D eigenvalue weighted by molar-refractivity contribution is 0.318. The van der Waals surface area contributed by atoms with Gasteiger partial charge in [0.15, 0.2) is 5.84 Å². The molecule has 4 nitrogen and oxygen atoms in total. The number of benzene rings is 2. The van der Waals surface area contributed by atoms with E-state index in [-0.39, 0.29) is 5.84 Å². The Hall–Kier alpha value is -2.49. The highest BCUT2D eigenvalue weighted by atomic mass is 16.4. The normalized spacial score (nSPS) is 18.4. The van der Waals surface area contributed by atoms with Crippen LogP contribution in [-0.4, -0.2) is 17.6 Å². The second-order valence-corrected chi connectivity index (χ2v) is 5.55. The van der Waals surface area contributed by atoms with Crippen LogP contribution in [-0.2, 0) is 6.42 Å². The molecule has 1 aliphatic heterocycles. The zero-order chi connectivity index (χ0) is 14.8. The van der Waals surface area contributed by atoms with E-state index in [0.717, 1.165) is 24.2 Å². The Labute approximate surface area is 124 Å². The number of rotatable bonds is 2. The second-order valence-electron chi connectivity index (χ2n) is 5.55. The summed E-state index contributed by atoms with van der Waals surface area (Å²) in [5, 5.41) is 12.2. The Balaban J connectivity index is 2.13. The molecule has 0 fully saturated rings. The van der Waals surface area contributed by atoms with Gasteiger partial charge in [-0.05, 0) is 36.1 Å². The van der Waals surface area contributed by atoms with Crippen LogP contribution in [0.15, 0.2) is 53.7 Å². The zero-order valence-electron chi connectivity index (χ0n) is 12.0. The van der Waals surface area contributed by atoms with Crippen molar-refractivity contribution >= 4 is 17.2 Å². The van der Waals surface area contributed by atoms with E-state index in [1.54, 1.807) is 0 Å². The van der Waals surface area contributed by atoms with Gasteiger partial charge in [-0.1, -0.05) is 42.4 Å². The van der Waals surface area contributed by atoms with Gasteiger partial charge in [-0.15, -0.1) is 0 Å². The number of hydrogen-bond donors (Lipinski definition) is 2. The third-order valence-electron chi connectivity index (χ3n) is 3.92. The van der Waals surface area contributed by atoms with Crippen molar-refractivity contribution in [3.63, 3.8) is 0 Å². The number of oxime groups is 1. The van der Waals surface area contributed by atoms with Gasteiger partial charge in [0.2, 0.25) is 0 Å². The molecule has 21 heavy (non-hydrogen) atoms. The molecular formula is C17H19N3O. The van der Waals surface area contributed by atoms with Crippen LogP contribution < -0.4 is 10.6 Å². The second kappa shape index (κ2) is 5.48. The number of hydrogen-bond acceptors (Lipinski definition) is 3. The lowest BCUT2D eigenvalue weighted by atomic mass is 9.93. The van der Waals surface area contributed by atoms with Crippen LogP contribution in [0.1, 0.15) is 18.1 Å². The van der Waals surface area contributed by atoms with E-state index < -0.39 is 0 Å². The Kier molecular flexibility index (Phi) is 3.52. The van der Waals surface area contributed by atoms with Gasteiger partial charge in [0, 0.05) is 17.8 Å². The maximum Gasteiger partial charge on any atom is 0.172 e. The van der Waals surface area contributed by atoms with Crippen molar-refractivity contribution in [3.05, 3.63) is 59.7 Å². The number of amidine groups is 1. The van der Waals surface area contributed by atoms with Gasteiger partial charge in [0.1, 0.15) is 0 Å². The van der Waals surface area contributed by atoms with Crippen LogP contribution >= 0.6 is 0 Å². The van der Waals surface area contributed by atoms with Crippen molar-refractivity contribution in [1.82, 2.24) is 0 Å². The molecule has 2 aromatic carbocycles. The number of nitrogens with zero attached hydrogens (tertiary/aromatic N) is 2. The zero-order valence-corrected chi connectivity index (χ0v) is 12.0. The number of anilines is 2. The summed E-state index contributed by atoms with van der Waals surface area (Å²) >= 11 is 0. The number of fused-ring (bicyclic) bond motifs is 1. The molecule has 1 heterocycles. The van der Waals surface area contributed by atoms with Gasteiger partial charge in [-0.2, -0.15) is 0 Å². The summed E-state index contributed by atoms with van der Waals surface area (Å²) in [5.74, 6) is 0.696. The smallest absolute Gasteiger partial charge is 0.172 e. The van der Waals surface area contributed by atoms with Gasteiger partial charge in [0.05, 0.1) is 5.69 Å². The molecule has 2 aromatic rings. The minimum Gasteiger partial charge on any atom is -0.409 e. The molecule has 1 aliphatic rings. The standard InChI is InChI=1S/C17H19N3O/c1-12-10-13-6-2-4-8-15(13)20(11-12)16-9-5-3-7-14(16)17(18)19-21/h2-9,12,21H,10-11H2,1H3,(H2,18,19). The summed E-state index contributed by atoms with van der Waals surface area (Å²) in [5.41, 5.74) is 10.1. The van der Waals surface area contributed by atoms with E-state index in [1.807, 2.05) is 30.3 Å². The van der Waals surface area contributed by atoms with Crippen molar-refractivity contribution in [2.75, 3.05) is 11.4 Å². The lowest BCUT2D eigenvalue weighted by Gasteiger charge is -2.35. The lowest BCUT2D eigenvalue weighted by Crippen LogP contribution is -2.32. The largest absolute Gasteiger partial charge is 0.409 e. The van der Waals surface area contributed by atoms with E-state index in [4.69, 9.17) is 10.9 Å². The third kappa shape index (κ3) is 2.44. The van der Waals surface area contributed by atoms with E-state index >= 15 is 0 Å².